The first-order valence-electron chi connectivity index (χ1n) is 6.20. The lowest BCUT2D eigenvalue weighted by Gasteiger charge is -2.03. The van der Waals surface area contributed by atoms with E-state index in [1.165, 1.54) is 0 Å². The topological polar surface area (TPSA) is 81.1 Å². The van der Waals surface area contributed by atoms with Crippen molar-refractivity contribution in [1.82, 2.24) is 29.8 Å². The predicted octanol–water partition coefficient (Wildman–Crippen LogP) is 1.52. The largest absolute Gasteiger partial charge is 0.339 e. The first-order chi connectivity index (χ1) is 9.72. The van der Waals surface area contributed by atoms with E-state index in [4.69, 9.17) is 4.52 Å². The Hall–Kier alpha value is -1.80. The number of nitrogens with one attached hydrogen (secondary N) is 1. The highest BCUT2D eigenvalue weighted by Crippen LogP contribution is 2.10. The summed E-state index contributed by atoms with van der Waals surface area (Å²) in [5.74, 6) is 1.32. The van der Waals surface area contributed by atoms with E-state index < -0.39 is 0 Å². The second-order valence-corrected chi connectivity index (χ2v) is 5.16. The standard InChI is InChI=1S/C12H13BrN6O/c1-8-17-12(20-18-8)2-3-14-4-9-5-16-11-6-15-10(13)7-19(9)11/h5-7,14H,2-4H2,1H3. The van der Waals surface area contributed by atoms with Gasteiger partial charge in [0.1, 0.15) is 4.60 Å². The molecule has 7 nitrogen and oxygen atoms in total. The molecule has 0 saturated carbocycles. The number of aromatic nitrogens is 5. The lowest BCUT2D eigenvalue weighted by molar-refractivity contribution is 0.372. The van der Waals surface area contributed by atoms with E-state index in [9.17, 15) is 0 Å². The van der Waals surface area contributed by atoms with Gasteiger partial charge in [0.2, 0.25) is 5.89 Å². The predicted molar refractivity (Wildman–Crippen MR) is 75.1 cm³/mol. The molecule has 3 aromatic rings. The van der Waals surface area contributed by atoms with E-state index in [1.54, 1.807) is 6.20 Å². The average molecular weight is 337 g/mol. The van der Waals surface area contributed by atoms with E-state index in [2.05, 4.69) is 41.4 Å². The normalized spacial score (nSPS) is 11.3. The zero-order chi connectivity index (χ0) is 13.9. The lowest BCUT2D eigenvalue weighted by atomic mass is 10.4. The molecule has 0 fully saturated rings. The lowest BCUT2D eigenvalue weighted by Crippen LogP contribution is -2.17. The summed E-state index contributed by atoms with van der Waals surface area (Å²) in [6.07, 6.45) is 6.19. The van der Waals surface area contributed by atoms with Gasteiger partial charge in [0.25, 0.3) is 0 Å². The summed E-state index contributed by atoms with van der Waals surface area (Å²) in [7, 11) is 0. The fourth-order valence-corrected chi connectivity index (χ4v) is 2.21. The van der Waals surface area contributed by atoms with Crippen molar-refractivity contribution in [2.45, 2.75) is 19.9 Å². The maximum atomic E-state index is 5.05. The van der Waals surface area contributed by atoms with Gasteiger partial charge < -0.3 is 9.84 Å². The maximum Gasteiger partial charge on any atom is 0.227 e. The van der Waals surface area contributed by atoms with Gasteiger partial charge in [-0.3, -0.25) is 4.40 Å². The van der Waals surface area contributed by atoms with Crippen molar-refractivity contribution < 1.29 is 4.52 Å². The third-order valence-corrected chi connectivity index (χ3v) is 3.24. The zero-order valence-electron chi connectivity index (χ0n) is 10.9. The smallest absolute Gasteiger partial charge is 0.227 e. The Morgan fingerprint density at radius 3 is 3.05 bits per heavy atom. The molecule has 20 heavy (non-hydrogen) atoms. The highest BCUT2D eigenvalue weighted by atomic mass is 79.9. The van der Waals surface area contributed by atoms with Crippen molar-refractivity contribution in [1.29, 1.82) is 0 Å². The number of imidazole rings is 1. The molecule has 104 valence electrons. The Labute approximate surface area is 123 Å². The molecule has 1 N–H and O–H groups in total. The van der Waals surface area contributed by atoms with Gasteiger partial charge in [-0.05, 0) is 22.9 Å². The molecule has 0 bridgehead atoms. The number of aryl methyl sites for hydroxylation is 1. The van der Waals surface area contributed by atoms with E-state index >= 15 is 0 Å². The Morgan fingerprint density at radius 2 is 2.25 bits per heavy atom. The second-order valence-electron chi connectivity index (χ2n) is 4.35. The van der Waals surface area contributed by atoms with Crippen LogP contribution in [-0.4, -0.2) is 31.1 Å². The second kappa shape index (κ2) is 5.68. The van der Waals surface area contributed by atoms with Gasteiger partial charge in [-0.15, -0.1) is 0 Å². The van der Waals surface area contributed by atoms with Crippen LogP contribution in [0.15, 0.2) is 27.7 Å². The van der Waals surface area contributed by atoms with Crippen LogP contribution < -0.4 is 5.32 Å². The number of nitrogens with zero attached hydrogens (tertiary/aromatic N) is 5. The molecule has 0 atom stereocenters. The van der Waals surface area contributed by atoms with Crippen molar-refractivity contribution in [3.63, 3.8) is 0 Å². The summed E-state index contributed by atoms with van der Waals surface area (Å²) in [5, 5.41) is 7.09. The molecule has 3 aromatic heterocycles. The summed E-state index contributed by atoms with van der Waals surface area (Å²) in [5.41, 5.74) is 1.90. The van der Waals surface area contributed by atoms with E-state index in [-0.39, 0.29) is 0 Å². The summed E-state index contributed by atoms with van der Waals surface area (Å²) >= 11 is 3.36. The molecule has 0 radical (unpaired) electrons. The molecule has 0 aliphatic rings. The van der Waals surface area contributed by atoms with Crippen LogP contribution in [0, 0.1) is 6.92 Å². The average Bonchev–Trinajstić information content (AvgIpc) is 3.01. The van der Waals surface area contributed by atoms with Crippen LogP contribution in [0.3, 0.4) is 0 Å². The van der Waals surface area contributed by atoms with Crippen LogP contribution in [0.1, 0.15) is 17.4 Å². The fraction of sp³-hybridized carbons (Fsp3) is 0.333. The third kappa shape index (κ3) is 2.86. The Bertz CT molecular complexity index is 722. The Balaban J connectivity index is 1.58. The minimum Gasteiger partial charge on any atom is -0.339 e. The first-order valence-corrected chi connectivity index (χ1v) is 6.99. The van der Waals surface area contributed by atoms with Gasteiger partial charge >= 0.3 is 0 Å². The first kappa shape index (κ1) is 13.2. The molecular weight excluding hydrogens is 324 g/mol. The van der Waals surface area contributed by atoms with Crippen LogP contribution in [0.4, 0.5) is 0 Å². The van der Waals surface area contributed by atoms with Crippen molar-refractivity contribution in [2.24, 2.45) is 0 Å². The molecule has 0 aliphatic heterocycles. The van der Waals surface area contributed by atoms with Gasteiger partial charge in [0, 0.05) is 25.7 Å². The van der Waals surface area contributed by atoms with Crippen molar-refractivity contribution in [2.75, 3.05) is 6.54 Å². The molecule has 0 aliphatic carbocycles. The van der Waals surface area contributed by atoms with Crippen LogP contribution in [0.2, 0.25) is 0 Å². The van der Waals surface area contributed by atoms with Gasteiger partial charge in [0.15, 0.2) is 11.5 Å². The van der Waals surface area contributed by atoms with Gasteiger partial charge in [-0.25, -0.2) is 9.97 Å². The zero-order valence-corrected chi connectivity index (χ0v) is 12.5. The summed E-state index contributed by atoms with van der Waals surface area (Å²) < 4.78 is 7.84. The number of hydrogen-bond acceptors (Lipinski definition) is 6. The number of fused-ring (bicyclic) bond motifs is 1. The molecule has 3 heterocycles. The number of rotatable bonds is 5. The van der Waals surface area contributed by atoms with Crippen LogP contribution in [-0.2, 0) is 13.0 Å². The molecule has 3 rings (SSSR count). The highest BCUT2D eigenvalue weighted by Gasteiger charge is 2.05. The minimum atomic E-state index is 0.653. The fourth-order valence-electron chi connectivity index (χ4n) is 1.90. The molecular formula is C12H13BrN6O. The number of halogens is 1. The van der Waals surface area contributed by atoms with Crippen molar-refractivity contribution in [3.05, 3.63) is 40.6 Å². The molecule has 0 spiro atoms. The van der Waals surface area contributed by atoms with E-state index in [0.717, 1.165) is 22.5 Å². The van der Waals surface area contributed by atoms with Gasteiger partial charge in [-0.2, -0.15) is 4.98 Å². The van der Waals surface area contributed by atoms with Crippen LogP contribution >= 0.6 is 15.9 Å². The van der Waals surface area contributed by atoms with Crippen LogP contribution in [0.5, 0.6) is 0 Å². The monoisotopic (exact) mass is 336 g/mol. The molecule has 0 amide bonds. The van der Waals surface area contributed by atoms with Crippen LogP contribution in [0.25, 0.3) is 5.65 Å². The summed E-state index contributed by atoms with van der Waals surface area (Å²) in [4.78, 5) is 12.6. The Morgan fingerprint density at radius 1 is 1.35 bits per heavy atom. The van der Waals surface area contributed by atoms with E-state index in [0.29, 0.717) is 24.7 Å². The quantitative estimate of drug-likeness (QED) is 0.711. The maximum absolute atomic E-state index is 5.05. The molecule has 0 unspecified atom stereocenters. The molecule has 8 heteroatoms. The van der Waals surface area contributed by atoms with Crippen molar-refractivity contribution >= 4 is 21.6 Å². The van der Waals surface area contributed by atoms with Gasteiger partial charge in [0.05, 0.1) is 18.1 Å². The van der Waals surface area contributed by atoms with Crippen molar-refractivity contribution in [3.8, 4) is 0 Å². The Kier molecular flexibility index (Phi) is 3.75. The summed E-state index contributed by atoms with van der Waals surface area (Å²) in [6.45, 7) is 3.29. The van der Waals surface area contributed by atoms with E-state index in [1.807, 2.05) is 23.7 Å². The SMILES string of the molecule is Cc1noc(CCNCc2cnc3cnc(Br)cn23)n1. The molecule has 0 saturated heterocycles. The van der Waals surface area contributed by atoms with Gasteiger partial charge in [-0.1, -0.05) is 5.16 Å². The molecule has 0 aromatic carbocycles. The highest BCUT2D eigenvalue weighted by molar-refractivity contribution is 9.10. The number of hydrogen-bond donors (Lipinski definition) is 1. The minimum absolute atomic E-state index is 0.653. The summed E-state index contributed by atoms with van der Waals surface area (Å²) in [6, 6.07) is 0. The third-order valence-electron chi connectivity index (χ3n) is 2.83.